The number of allylic oxidation sites excluding steroid dienone is 2. The van der Waals surface area contributed by atoms with Crippen LogP contribution in [0.5, 0.6) is 17.5 Å². The van der Waals surface area contributed by atoms with E-state index in [1.807, 2.05) is 31.2 Å². The van der Waals surface area contributed by atoms with Crippen molar-refractivity contribution in [1.82, 2.24) is 15.0 Å². The molecule has 5 rings (SSSR count). The fourth-order valence-electron chi connectivity index (χ4n) is 3.61. The molecule has 194 valence electrons. The van der Waals surface area contributed by atoms with Gasteiger partial charge >= 0.3 is 12.0 Å². The minimum Gasteiger partial charge on any atom is -0.494 e. The van der Waals surface area contributed by atoms with E-state index in [9.17, 15) is 9.90 Å². The summed E-state index contributed by atoms with van der Waals surface area (Å²) in [5, 5.41) is 15.9. The summed E-state index contributed by atoms with van der Waals surface area (Å²) in [6, 6.07) is 12.8. The molecule has 0 amide bonds. The molecule has 3 N–H and O–H groups in total. The van der Waals surface area contributed by atoms with E-state index in [2.05, 4.69) is 37.7 Å². The van der Waals surface area contributed by atoms with Crippen LogP contribution < -0.4 is 24.8 Å². The van der Waals surface area contributed by atoms with E-state index in [1.165, 1.54) is 6.07 Å². The van der Waals surface area contributed by atoms with Crippen LogP contribution in [-0.2, 0) is 6.54 Å². The van der Waals surface area contributed by atoms with Crippen LogP contribution >= 0.6 is 0 Å². The molecule has 3 heterocycles. The summed E-state index contributed by atoms with van der Waals surface area (Å²) in [4.78, 5) is 24.8. The maximum absolute atomic E-state index is 11.7. The van der Waals surface area contributed by atoms with Gasteiger partial charge in [0, 0.05) is 18.3 Å². The molecule has 2 aliphatic rings. The van der Waals surface area contributed by atoms with Crippen LogP contribution in [0.4, 0.5) is 17.6 Å². The molecule has 0 fully saturated rings. The van der Waals surface area contributed by atoms with Crippen molar-refractivity contribution in [2.24, 2.45) is 0 Å². The van der Waals surface area contributed by atoms with E-state index < -0.39 is 5.97 Å². The lowest BCUT2D eigenvalue weighted by Crippen LogP contribution is -2.10. The molecular formula is C27H31N5O5. The van der Waals surface area contributed by atoms with Crippen molar-refractivity contribution in [1.29, 1.82) is 0 Å². The number of nitrogens with one attached hydrogen (secondary N) is 2. The number of carboxylic acids is 1. The van der Waals surface area contributed by atoms with E-state index in [0.29, 0.717) is 38.0 Å². The number of ether oxygens (including phenoxy) is 3. The molecule has 0 saturated carbocycles. The molecular weight excluding hydrogens is 474 g/mol. The molecule has 0 radical (unpaired) electrons. The second-order valence-corrected chi connectivity index (χ2v) is 8.29. The molecule has 10 heteroatoms. The Hall–Kier alpha value is -4.34. The number of fused-ring (bicyclic) bond motifs is 11. The van der Waals surface area contributed by atoms with Gasteiger partial charge < -0.3 is 30.0 Å². The zero-order chi connectivity index (χ0) is 25.9. The van der Waals surface area contributed by atoms with Gasteiger partial charge in [-0.3, -0.25) is 0 Å². The highest BCUT2D eigenvalue weighted by atomic mass is 16.5. The summed E-state index contributed by atoms with van der Waals surface area (Å²) < 4.78 is 17.2. The van der Waals surface area contributed by atoms with Gasteiger partial charge in [0.1, 0.15) is 17.1 Å². The first-order valence-corrected chi connectivity index (χ1v) is 12.4. The van der Waals surface area contributed by atoms with Gasteiger partial charge in [0.2, 0.25) is 11.9 Å². The quantitative estimate of drug-likeness (QED) is 0.408. The number of aromatic nitrogens is 3. The van der Waals surface area contributed by atoms with Crippen LogP contribution in [0.2, 0.25) is 0 Å². The number of hydrogen-bond donors (Lipinski definition) is 3. The van der Waals surface area contributed by atoms with Gasteiger partial charge in [-0.2, -0.15) is 15.0 Å². The van der Waals surface area contributed by atoms with E-state index in [4.69, 9.17) is 14.2 Å². The molecule has 0 unspecified atom stereocenters. The molecule has 3 aromatic rings. The average Bonchev–Trinajstić information content (AvgIpc) is 2.89. The third kappa shape index (κ3) is 7.83. The number of benzene rings is 2. The second-order valence-electron chi connectivity index (χ2n) is 8.29. The van der Waals surface area contributed by atoms with Crippen LogP contribution in [0.25, 0.3) is 0 Å². The number of carbonyl (C=O) groups is 1. The van der Waals surface area contributed by atoms with Crippen LogP contribution in [0.15, 0.2) is 54.6 Å². The molecule has 6 bridgehead atoms. The normalized spacial score (nSPS) is 14.4. The number of carboxylic acid groups (broad SMARTS) is 1. The van der Waals surface area contributed by atoms with E-state index >= 15 is 0 Å². The largest absolute Gasteiger partial charge is 0.494 e. The number of hydrogen-bond acceptors (Lipinski definition) is 9. The summed E-state index contributed by atoms with van der Waals surface area (Å²) >= 11 is 0. The summed E-state index contributed by atoms with van der Waals surface area (Å²) in [6.45, 7) is 3.76. The monoisotopic (exact) mass is 505 g/mol. The van der Waals surface area contributed by atoms with Crippen LogP contribution in [0, 0.1) is 0 Å². The van der Waals surface area contributed by atoms with Crippen molar-refractivity contribution in [3.63, 3.8) is 0 Å². The Morgan fingerprint density at radius 3 is 2.43 bits per heavy atom. The van der Waals surface area contributed by atoms with Crippen molar-refractivity contribution >= 4 is 23.6 Å². The minimum absolute atomic E-state index is 0.0884. The predicted molar refractivity (Wildman–Crippen MR) is 140 cm³/mol. The Kier molecular flexibility index (Phi) is 9.12. The molecule has 10 nitrogen and oxygen atoms in total. The topological polar surface area (TPSA) is 128 Å². The Labute approximate surface area is 215 Å². The fraction of sp³-hybridized carbons (Fsp3) is 0.333. The smallest absolute Gasteiger partial charge is 0.339 e. The first kappa shape index (κ1) is 25.7. The van der Waals surface area contributed by atoms with Gasteiger partial charge in [0.15, 0.2) is 0 Å². The lowest BCUT2D eigenvalue weighted by atomic mass is 10.2. The molecule has 0 spiro atoms. The van der Waals surface area contributed by atoms with E-state index in [0.717, 1.165) is 37.0 Å². The van der Waals surface area contributed by atoms with Gasteiger partial charge in [0.25, 0.3) is 0 Å². The number of anilines is 3. The Morgan fingerprint density at radius 1 is 0.973 bits per heavy atom. The molecule has 0 aliphatic carbocycles. The number of rotatable bonds is 3. The van der Waals surface area contributed by atoms with E-state index in [-0.39, 0.29) is 23.3 Å². The highest BCUT2D eigenvalue weighted by molar-refractivity contribution is 5.91. The Balaban J connectivity index is 1.59. The number of nitrogens with zero attached hydrogens (tertiary/aromatic N) is 3. The molecule has 0 atom stereocenters. The highest BCUT2D eigenvalue weighted by Crippen LogP contribution is 2.26. The van der Waals surface area contributed by atoms with Gasteiger partial charge in [-0.05, 0) is 62.4 Å². The summed E-state index contributed by atoms with van der Waals surface area (Å²) in [5.41, 5.74) is 1.70. The molecule has 2 aliphatic heterocycles. The summed E-state index contributed by atoms with van der Waals surface area (Å²) in [5.74, 6) is 0.640. The van der Waals surface area contributed by atoms with Crippen molar-refractivity contribution in [3.8, 4) is 17.5 Å². The second kappa shape index (κ2) is 13.1. The molecule has 2 aromatic carbocycles. The third-order valence-corrected chi connectivity index (χ3v) is 5.45. The average molecular weight is 506 g/mol. The van der Waals surface area contributed by atoms with Crippen molar-refractivity contribution in [2.75, 3.05) is 30.5 Å². The van der Waals surface area contributed by atoms with E-state index in [1.54, 1.807) is 12.1 Å². The maximum Gasteiger partial charge on any atom is 0.339 e. The molecule has 37 heavy (non-hydrogen) atoms. The highest BCUT2D eigenvalue weighted by Gasteiger charge is 2.14. The first-order chi connectivity index (χ1) is 18.1. The van der Waals surface area contributed by atoms with Crippen molar-refractivity contribution in [2.45, 2.75) is 39.2 Å². The van der Waals surface area contributed by atoms with Gasteiger partial charge in [0.05, 0.1) is 19.8 Å². The van der Waals surface area contributed by atoms with Gasteiger partial charge in [-0.25, -0.2) is 4.79 Å². The Morgan fingerprint density at radius 2 is 1.70 bits per heavy atom. The molecule has 0 saturated heterocycles. The van der Waals surface area contributed by atoms with Crippen molar-refractivity contribution in [3.05, 3.63) is 65.7 Å². The lowest BCUT2D eigenvalue weighted by Gasteiger charge is -2.13. The van der Waals surface area contributed by atoms with Crippen LogP contribution in [0.1, 0.15) is 48.5 Å². The standard InChI is InChI=1S/C27H31N5O5/c1-2-35-27-31-25-28-18-19-9-12-21(13-10-19)36-15-7-5-3-4-6-8-16-37-23-17-20(29-26(30-25)32-27)11-14-22(23)24(33)34/h3-4,9-14,17H,2,5-8,15-16,18H2,1H3,(H,33,34)(H2,28,29,30,31,32). The fourth-order valence-corrected chi connectivity index (χ4v) is 3.61. The zero-order valence-electron chi connectivity index (χ0n) is 20.8. The van der Waals surface area contributed by atoms with Crippen LogP contribution in [0.3, 0.4) is 0 Å². The Bertz CT molecular complexity index is 1220. The predicted octanol–water partition coefficient (Wildman–Crippen LogP) is 5.21. The summed E-state index contributed by atoms with van der Waals surface area (Å²) in [7, 11) is 0. The minimum atomic E-state index is -1.06. The summed E-state index contributed by atoms with van der Waals surface area (Å²) in [6.07, 6.45) is 7.70. The van der Waals surface area contributed by atoms with Crippen LogP contribution in [-0.4, -0.2) is 45.8 Å². The lowest BCUT2D eigenvalue weighted by molar-refractivity contribution is 0.0692. The SMILES string of the molecule is CCOc1nc2nc(n1)Nc1ccc(C(=O)O)c(c1)OCCCC=CCCCOc1ccc(cc1)CN2. The maximum atomic E-state index is 11.7. The third-order valence-electron chi connectivity index (χ3n) is 5.45. The van der Waals surface area contributed by atoms with Gasteiger partial charge in [-0.1, -0.05) is 24.3 Å². The number of aromatic carboxylic acids is 1. The zero-order valence-corrected chi connectivity index (χ0v) is 20.8. The molecule has 1 aromatic heterocycles. The first-order valence-electron chi connectivity index (χ1n) is 12.4. The van der Waals surface area contributed by atoms with Gasteiger partial charge in [-0.15, -0.1) is 0 Å². The van der Waals surface area contributed by atoms with Crippen molar-refractivity contribution < 1.29 is 24.1 Å².